The van der Waals surface area contributed by atoms with Crippen molar-refractivity contribution in [2.45, 2.75) is 72.1 Å². The van der Waals surface area contributed by atoms with Gasteiger partial charge in [-0.3, -0.25) is 4.98 Å². The Kier molecular flexibility index (Phi) is 7.91. The molecule has 0 saturated heterocycles. The quantitative estimate of drug-likeness (QED) is 0.289. The smallest absolute Gasteiger partial charge is 0.241 e. The van der Waals surface area contributed by atoms with Crippen molar-refractivity contribution >= 4 is 33.3 Å². The van der Waals surface area contributed by atoms with Gasteiger partial charge in [0.1, 0.15) is 16.3 Å². The lowest BCUT2D eigenvalue weighted by Crippen LogP contribution is -2.17. The SMILES string of the molecule is CCC(CCNc1nc(NCCC(C)C)nc(C)c1-c1nc2c(C3CC3)nccc2s1)C(F)F. The van der Waals surface area contributed by atoms with Gasteiger partial charge in [-0.25, -0.2) is 18.7 Å². The normalized spacial score (nSPS) is 14.8. The van der Waals surface area contributed by atoms with Crippen LogP contribution in [0.5, 0.6) is 0 Å². The maximum atomic E-state index is 13.3. The van der Waals surface area contributed by atoms with Gasteiger partial charge < -0.3 is 10.6 Å². The van der Waals surface area contributed by atoms with Gasteiger partial charge in [-0.05, 0) is 51.0 Å². The lowest BCUT2D eigenvalue weighted by Gasteiger charge is -2.17. The molecule has 9 heteroatoms. The fourth-order valence-corrected chi connectivity index (χ4v) is 5.10. The number of pyridine rings is 1. The molecule has 2 N–H and O–H groups in total. The van der Waals surface area contributed by atoms with Crippen LogP contribution in [0, 0.1) is 18.8 Å². The molecule has 3 heterocycles. The van der Waals surface area contributed by atoms with Crippen molar-refractivity contribution in [2.75, 3.05) is 23.7 Å². The summed E-state index contributed by atoms with van der Waals surface area (Å²) in [5, 5.41) is 7.48. The van der Waals surface area contributed by atoms with E-state index in [9.17, 15) is 8.78 Å². The number of fused-ring (bicyclic) bond motifs is 1. The molecule has 0 radical (unpaired) electrons. The first kappa shape index (κ1) is 24.7. The molecule has 0 amide bonds. The molecule has 3 aromatic rings. The fourth-order valence-electron chi connectivity index (χ4n) is 4.03. The second-order valence-corrected chi connectivity index (χ2v) is 10.6. The van der Waals surface area contributed by atoms with E-state index in [1.54, 1.807) is 18.3 Å². The second kappa shape index (κ2) is 10.9. The summed E-state index contributed by atoms with van der Waals surface area (Å²) < 4.78 is 27.6. The van der Waals surface area contributed by atoms with E-state index in [1.807, 2.05) is 19.2 Å². The van der Waals surface area contributed by atoms with Gasteiger partial charge in [0, 0.05) is 31.1 Å². The summed E-state index contributed by atoms with van der Waals surface area (Å²) in [5.41, 5.74) is 3.67. The Balaban J connectivity index is 1.65. The maximum Gasteiger partial charge on any atom is 0.241 e. The minimum Gasteiger partial charge on any atom is -0.369 e. The van der Waals surface area contributed by atoms with Crippen LogP contribution < -0.4 is 10.6 Å². The molecule has 0 aliphatic heterocycles. The molecule has 0 spiro atoms. The number of rotatable bonds is 12. The van der Waals surface area contributed by atoms with Crippen LogP contribution in [0.4, 0.5) is 20.5 Å². The number of aromatic nitrogens is 4. The van der Waals surface area contributed by atoms with Crippen LogP contribution in [-0.4, -0.2) is 39.5 Å². The van der Waals surface area contributed by atoms with Crippen molar-refractivity contribution in [3.8, 4) is 10.6 Å². The van der Waals surface area contributed by atoms with Gasteiger partial charge in [0.25, 0.3) is 0 Å². The molecular weight excluding hydrogens is 454 g/mol. The summed E-state index contributed by atoms with van der Waals surface area (Å²) in [6.45, 7) is 9.30. The standard InChI is InChI=1S/C25H34F2N6S/c1-5-16(22(26)27)9-12-29-23-19(15(4)31-25(33-23)30-11-8-14(2)3)24-32-21-18(34-24)10-13-28-20(21)17-6-7-17/h10,13-14,16-17,22H,5-9,11-12H2,1-4H3,(H2,29,30,31,33). The molecule has 1 fully saturated rings. The van der Waals surface area contributed by atoms with E-state index in [2.05, 4.69) is 29.5 Å². The van der Waals surface area contributed by atoms with Gasteiger partial charge in [0.05, 0.1) is 21.7 Å². The van der Waals surface area contributed by atoms with E-state index in [4.69, 9.17) is 15.0 Å². The van der Waals surface area contributed by atoms with Crippen LogP contribution in [0.3, 0.4) is 0 Å². The molecule has 4 rings (SSSR count). The average molecular weight is 489 g/mol. The van der Waals surface area contributed by atoms with E-state index >= 15 is 0 Å². The first-order chi connectivity index (χ1) is 16.4. The molecule has 3 aromatic heterocycles. The number of anilines is 2. The topological polar surface area (TPSA) is 75.6 Å². The molecule has 0 aromatic carbocycles. The molecule has 0 bridgehead atoms. The van der Waals surface area contributed by atoms with Crippen LogP contribution in [0.1, 0.15) is 70.2 Å². The third kappa shape index (κ3) is 5.79. The van der Waals surface area contributed by atoms with Crippen molar-refractivity contribution < 1.29 is 8.78 Å². The van der Waals surface area contributed by atoms with Gasteiger partial charge >= 0.3 is 0 Å². The van der Waals surface area contributed by atoms with E-state index in [0.717, 1.165) is 58.0 Å². The highest BCUT2D eigenvalue weighted by molar-refractivity contribution is 7.21. The largest absolute Gasteiger partial charge is 0.369 e. The molecule has 1 aliphatic rings. The van der Waals surface area contributed by atoms with Crippen LogP contribution in [0.2, 0.25) is 0 Å². The van der Waals surface area contributed by atoms with E-state index in [0.29, 0.717) is 43.0 Å². The highest BCUT2D eigenvalue weighted by Crippen LogP contribution is 2.44. The summed E-state index contributed by atoms with van der Waals surface area (Å²) in [7, 11) is 0. The minimum absolute atomic E-state index is 0.377. The van der Waals surface area contributed by atoms with E-state index in [1.165, 1.54) is 0 Å². The predicted octanol–water partition coefficient (Wildman–Crippen LogP) is 6.89. The van der Waals surface area contributed by atoms with Gasteiger partial charge in [0.2, 0.25) is 12.4 Å². The maximum absolute atomic E-state index is 13.3. The Hall–Kier alpha value is -2.42. The third-order valence-electron chi connectivity index (χ3n) is 6.30. The van der Waals surface area contributed by atoms with Crippen molar-refractivity contribution in [3.63, 3.8) is 0 Å². The van der Waals surface area contributed by atoms with Gasteiger partial charge in [0.15, 0.2) is 0 Å². The molecule has 184 valence electrons. The Morgan fingerprint density at radius 1 is 1.09 bits per heavy atom. The number of aryl methyl sites for hydroxylation is 1. The summed E-state index contributed by atoms with van der Waals surface area (Å²) in [4.78, 5) is 19.0. The van der Waals surface area contributed by atoms with Crippen LogP contribution >= 0.6 is 11.3 Å². The summed E-state index contributed by atoms with van der Waals surface area (Å²) in [6.07, 6.45) is 3.70. The van der Waals surface area contributed by atoms with Crippen molar-refractivity contribution in [2.24, 2.45) is 11.8 Å². The monoisotopic (exact) mass is 488 g/mol. The Labute approximate surface area is 204 Å². The van der Waals surface area contributed by atoms with E-state index < -0.39 is 12.3 Å². The van der Waals surface area contributed by atoms with Gasteiger partial charge in [-0.2, -0.15) is 4.98 Å². The molecule has 1 atom stereocenters. The summed E-state index contributed by atoms with van der Waals surface area (Å²) in [5.74, 6) is 1.64. The number of thiazole rings is 1. The Morgan fingerprint density at radius 3 is 2.53 bits per heavy atom. The Bertz CT molecular complexity index is 1110. The van der Waals surface area contributed by atoms with Gasteiger partial charge in [-0.15, -0.1) is 11.3 Å². The fraction of sp³-hybridized carbons (Fsp3) is 0.600. The zero-order valence-corrected chi connectivity index (χ0v) is 21.2. The lowest BCUT2D eigenvalue weighted by molar-refractivity contribution is 0.0721. The second-order valence-electron chi connectivity index (χ2n) is 9.52. The van der Waals surface area contributed by atoms with Crippen molar-refractivity contribution in [3.05, 3.63) is 23.7 Å². The van der Waals surface area contributed by atoms with Gasteiger partial charge in [-0.1, -0.05) is 20.8 Å². The number of hydrogen-bond donors (Lipinski definition) is 2. The highest BCUT2D eigenvalue weighted by Gasteiger charge is 2.29. The van der Waals surface area contributed by atoms with E-state index in [-0.39, 0.29) is 0 Å². The molecule has 1 aliphatic carbocycles. The molecule has 6 nitrogen and oxygen atoms in total. The number of nitrogens with zero attached hydrogens (tertiary/aromatic N) is 4. The number of nitrogens with one attached hydrogen (secondary N) is 2. The molecule has 1 unspecified atom stereocenters. The number of alkyl halides is 2. The Morgan fingerprint density at radius 2 is 1.85 bits per heavy atom. The predicted molar refractivity (Wildman–Crippen MR) is 136 cm³/mol. The molecular formula is C25H34F2N6S. The lowest BCUT2D eigenvalue weighted by atomic mass is 10.0. The van der Waals surface area contributed by atoms with Crippen LogP contribution in [0.25, 0.3) is 20.8 Å². The first-order valence-corrected chi connectivity index (χ1v) is 13.1. The highest BCUT2D eigenvalue weighted by atomic mass is 32.1. The molecule has 1 saturated carbocycles. The number of halogens is 2. The minimum atomic E-state index is -2.32. The first-order valence-electron chi connectivity index (χ1n) is 12.3. The third-order valence-corrected chi connectivity index (χ3v) is 7.33. The zero-order valence-electron chi connectivity index (χ0n) is 20.4. The molecule has 34 heavy (non-hydrogen) atoms. The number of hydrogen-bond acceptors (Lipinski definition) is 7. The van der Waals surface area contributed by atoms with Crippen LogP contribution in [-0.2, 0) is 0 Å². The van der Waals surface area contributed by atoms with Crippen molar-refractivity contribution in [1.29, 1.82) is 0 Å². The zero-order chi connectivity index (χ0) is 24.2. The summed E-state index contributed by atoms with van der Waals surface area (Å²) in [6, 6.07) is 2.00. The van der Waals surface area contributed by atoms with Crippen molar-refractivity contribution in [1.82, 2.24) is 19.9 Å². The summed E-state index contributed by atoms with van der Waals surface area (Å²) >= 11 is 1.60. The average Bonchev–Trinajstić information content (AvgIpc) is 3.54. The van der Waals surface area contributed by atoms with Crippen LogP contribution in [0.15, 0.2) is 12.3 Å².